The van der Waals surface area contributed by atoms with Gasteiger partial charge in [0, 0.05) is 26.2 Å². The van der Waals surface area contributed by atoms with Crippen molar-refractivity contribution in [3.63, 3.8) is 0 Å². The Balaban J connectivity index is 1.75. The van der Waals surface area contributed by atoms with E-state index >= 15 is 0 Å². The minimum atomic E-state index is -0.0102. The van der Waals surface area contributed by atoms with Crippen molar-refractivity contribution in [2.24, 2.45) is 0 Å². The van der Waals surface area contributed by atoms with Crippen LogP contribution >= 0.6 is 0 Å². The molecule has 1 fully saturated rings. The van der Waals surface area contributed by atoms with E-state index in [2.05, 4.69) is 23.5 Å². The number of carbonyl (C=O) groups is 1. The number of nitrogens with one attached hydrogen (secondary N) is 1. The molecule has 1 aromatic rings. The van der Waals surface area contributed by atoms with Crippen molar-refractivity contribution in [2.75, 3.05) is 26.2 Å². The van der Waals surface area contributed by atoms with Crippen molar-refractivity contribution >= 4 is 5.91 Å². The first-order valence-electron chi connectivity index (χ1n) is 7.37. The Morgan fingerprint density at radius 3 is 2.74 bits per heavy atom. The highest BCUT2D eigenvalue weighted by molar-refractivity contribution is 5.83. The quantitative estimate of drug-likeness (QED) is 0.876. The molecule has 1 aliphatic carbocycles. The summed E-state index contributed by atoms with van der Waals surface area (Å²) >= 11 is 0. The van der Waals surface area contributed by atoms with Gasteiger partial charge in [-0.05, 0) is 42.9 Å². The van der Waals surface area contributed by atoms with Gasteiger partial charge in [0.1, 0.15) is 0 Å². The summed E-state index contributed by atoms with van der Waals surface area (Å²) in [5, 5.41) is 3.29. The fraction of sp³-hybridized carbons (Fsp3) is 0.562. The van der Waals surface area contributed by atoms with E-state index in [-0.39, 0.29) is 11.8 Å². The number of hydrogen-bond acceptors (Lipinski definition) is 2. The van der Waals surface area contributed by atoms with E-state index in [0.717, 1.165) is 26.2 Å². The van der Waals surface area contributed by atoms with Crippen LogP contribution in [0.5, 0.6) is 0 Å². The average Bonchev–Trinajstić information content (AvgIpc) is 2.94. The molecule has 3 heteroatoms. The van der Waals surface area contributed by atoms with Gasteiger partial charge in [-0.15, -0.1) is 0 Å². The average molecular weight is 258 g/mol. The molecule has 19 heavy (non-hydrogen) atoms. The van der Waals surface area contributed by atoms with Crippen LogP contribution in [0.1, 0.15) is 36.0 Å². The maximum Gasteiger partial charge on any atom is 0.229 e. The van der Waals surface area contributed by atoms with Crippen molar-refractivity contribution in [1.29, 1.82) is 0 Å². The third kappa shape index (κ3) is 2.52. The Labute approximate surface area is 115 Å². The summed E-state index contributed by atoms with van der Waals surface area (Å²) in [7, 11) is 0. The monoisotopic (exact) mass is 258 g/mol. The van der Waals surface area contributed by atoms with Gasteiger partial charge in [-0.1, -0.05) is 18.2 Å². The van der Waals surface area contributed by atoms with Crippen LogP contribution in [0, 0.1) is 0 Å². The zero-order valence-corrected chi connectivity index (χ0v) is 11.6. The molecule has 1 saturated heterocycles. The van der Waals surface area contributed by atoms with E-state index in [1.807, 2.05) is 11.8 Å². The van der Waals surface area contributed by atoms with Gasteiger partial charge in [-0.2, -0.15) is 0 Å². The van der Waals surface area contributed by atoms with Crippen molar-refractivity contribution in [3.05, 3.63) is 34.9 Å². The van der Waals surface area contributed by atoms with Crippen LogP contribution < -0.4 is 5.32 Å². The number of amides is 1. The number of benzene rings is 1. The van der Waals surface area contributed by atoms with E-state index in [4.69, 9.17) is 0 Å². The molecule has 0 spiro atoms. The highest BCUT2D eigenvalue weighted by Gasteiger charge is 2.24. The van der Waals surface area contributed by atoms with Crippen LogP contribution in [-0.2, 0) is 17.6 Å². The lowest BCUT2D eigenvalue weighted by molar-refractivity contribution is -0.133. The fourth-order valence-corrected chi connectivity index (χ4v) is 3.16. The number of hydrogen-bond donors (Lipinski definition) is 1. The summed E-state index contributed by atoms with van der Waals surface area (Å²) < 4.78 is 0. The van der Waals surface area contributed by atoms with Gasteiger partial charge < -0.3 is 10.2 Å². The summed E-state index contributed by atoms with van der Waals surface area (Å²) in [6, 6.07) is 6.63. The van der Waals surface area contributed by atoms with Gasteiger partial charge >= 0.3 is 0 Å². The first-order valence-corrected chi connectivity index (χ1v) is 7.37. The SMILES string of the molecule is CC(C(=O)N1CCNCC1)c1ccc2c(c1)CCC2. The minimum Gasteiger partial charge on any atom is -0.340 e. The van der Waals surface area contributed by atoms with E-state index in [0.29, 0.717) is 0 Å². The van der Waals surface area contributed by atoms with E-state index in [1.54, 1.807) is 0 Å². The summed E-state index contributed by atoms with van der Waals surface area (Å²) in [4.78, 5) is 14.5. The highest BCUT2D eigenvalue weighted by Crippen LogP contribution is 2.27. The zero-order valence-electron chi connectivity index (χ0n) is 11.6. The Morgan fingerprint density at radius 2 is 1.95 bits per heavy atom. The predicted octanol–water partition coefficient (Wildman–Crippen LogP) is 1.71. The van der Waals surface area contributed by atoms with Crippen molar-refractivity contribution in [1.82, 2.24) is 10.2 Å². The number of rotatable bonds is 2. The normalized spacial score (nSPS) is 20.2. The van der Waals surface area contributed by atoms with Gasteiger partial charge in [0.15, 0.2) is 0 Å². The van der Waals surface area contributed by atoms with Gasteiger partial charge in [-0.3, -0.25) is 4.79 Å². The molecule has 1 N–H and O–H groups in total. The van der Waals surface area contributed by atoms with Crippen LogP contribution in [0.4, 0.5) is 0 Å². The fourth-order valence-electron chi connectivity index (χ4n) is 3.16. The Kier molecular flexibility index (Phi) is 3.56. The van der Waals surface area contributed by atoms with Gasteiger partial charge in [0.05, 0.1) is 5.92 Å². The van der Waals surface area contributed by atoms with Crippen LogP contribution in [-0.4, -0.2) is 37.0 Å². The second kappa shape index (κ2) is 5.33. The second-order valence-electron chi connectivity index (χ2n) is 5.68. The number of aryl methyl sites for hydroxylation is 2. The Bertz CT molecular complexity index is 478. The Hall–Kier alpha value is -1.35. The molecule has 0 bridgehead atoms. The third-order valence-corrected chi connectivity index (χ3v) is 4.42. The molecule has 0 radical (unpaired) electrons. The summed E-state index contributed by atoms with van der Waals surface area (Å²) in [6.45, 7) is 5.56. The lowest BCUT2D eigenvalue weighted by Crippen LogP contribution is -2.47. The molecule has 1 amide bonds. The van der Waals surface area contributed by atoms with Crippen molar-refractivity contribution < 1.29 is 4.79 Å². The van der Waals surface area contributed by atoms with Gasteiger partial charge in [0.2, 0.25) is 5.91 Å². The number of nitrogens with zero attached hydrogens (tertiary/aromatic N) is 1. The topological polar surface area (TPSA) is 32.3 Å². The van der Waals surface area contributed by atoms with E-state index in [1.165, 1.54) is 36.0 Å². The third-order valence-electron chi connectivity index (χ3n) is 4.42. The first kappa shape index (κ1) is 12.7. The van der Waals surface area contributed by atoms with Crippen LogP contribution in [0.2, 0.25) is 0 Å². The predicted molar refractivity (Wildman–Crippen MR) is 76.3 cm³/mol. The maximum atomic E-state index is 12.5. The number of piperazine rings is 1. The summed E-state index contributed by atoms with van der Waals surface area (Å²) in [5.41, 5.74) is 4.12. The summed E-state index contributed by atoms with van der Waals surface area (Å²) in [6.07, 6.45) is 3.65. The van der Waals surface area contributed by atoms with Crippen molar-refractivity contribution in [2.45, 2.75) is 32.1 Å². The molecule has 3 rings (SSSR count). The smallest absolute Gasteiger partial charge is 0.229 e. The molecule has 1 unspecified atom stereocenters. The van der Waals surface area contributed by atoms with Gasteiger partial charge in [-0.25, -0.2) is 0 Å². The largest absolute Gasteiger partial charge is 0.340 e. The molecular weight excluding hydrogens is 236 g/mol. The number of carbonyl (C=O) groups excluding carboxylic acids is 1. The Morgan fingerprint density at radius 1 is 1.21 bits per heavy atom. The maximum absolute atomic E-state index is 12.5. The molecular formula is C16H22N2O. The van der Waals surface area contributed by atoms with Crippen molar-refractivity contribution in [3.8, 4) is 0 Å². The molecule has 1 atom stereocenters. The molecule has 102 valence electrons. The van der Waals surface area contributed by atoms with E-state index < -0.39 is 0 Å². The van der Waals surface area contributed by atoms with Crippen LogP contribution in [0.15, 0.2) is 18.2 Å². The lowest BCUT2D eigenvalue weighted by Gasteiger charge is -2.30. The lowest BCUT2D eigenvalue weighted by atomic mass is 9.96. The molecule has 0 aromatic heterocycles. The molecule has 1 heterocycles. The highest BCUT2D eigenvalue weighted by atomic mass is 16.2. The standard InChI is InChI=1S/C16H22N2O/c1-12(16(19)18-9-7-17-8-10-18)14-6-5-13-3-2-4-15(13)11-14/h5-6,11-12,17H,2-4,7-10H2,1H3. The van der Waals surface area contributed by atoms with E-state index in [9.17, 15) is 4.79 Å². The first-order chi connectivity index (χ1) is 9.25. The van der Waals surface area contributed by atoms with Crippen LogP contribution in [0.3, 0.4) is 0 Å². The molecule has 1 aliphatic heterocycles. The molecule has 1 aromatic carbocycles. The molecule has 2 aliphatic rings. The van der Waals surface area contributed by atoms with Crippen LogP contribution in [0.25, 0.3) is 0 Å². The molecule has 3 nitrogen and oxygen atoms in total. The zero-order chi connectivity index (χ0) is 13.2. The summed E-state index contributed by atoms with van der Waals surface area (Å²) in [5.74, 6) is 0.267. The number of fused-ring (bicyclic) bond motifs is 1. The molecule has 0 saturated carbocycles. The minimum absolute atomic E-state index is 0.0102. The second-order valence-corrected chi connectivity index (χ2v) is 5.68. The van der Waals surface area contributed by atoms with Gasteiger partial charge in [0.25, 0.3) is 0 Å².